The lowest BCUT2D eigenvalue weighted by Gasteiger charge is -2.33. The topological polar surface area (TPSA) is 79.2 Å². The van der Waals surface area contributed by atoms with Crippen LogP contribution in [0.2, 0.25) is 0 Å². The molecule has 2 aromatic rings. The minimum absolute atomic E-state index is 0.0144. The van der Waals surface area contributed by atoms with Crippen molar-refractivity contribution in [1.29, 1.82) is 0 Å². The zero-order valence-electron chi connectivity index (χ0n) is 18.6. The summed E-state index contributed by atoms with van der Waals surface area (Å²) in [7, 11) is 0. The van der Waals surface area contributed by atoms with Crippen molar-refractivity contribution >= 4 is 22.9 Å². The minimum Gasteiger partial charge on any atom is -0.355 e. The van der Waals surface area contributed by atoms with Crippen LogP contribution in [0, 0.1) is 5.92 Å². The summed E-state index contributed by atoms with van der Waals surface area (Å²) in [6.45, 7) is 6.69. The number of hydrogen-bond acceptors (Lipinski definition) is 6. The Bertz CT molecular complexity index is 905. The van der Waals surface area contributed by atoms with Crippen molar-refractivity contribution in [1.82, 2.24) is 29.7 Å². The summed E-state index contributed by atoms with van der Waals surface area (Å²) in [6.07, 6.45) is 12.2. The first-order valence-corrected chi connectivity index (χ1v) is 12.2. The molecule has 8 nitrogen and oxygen atoms in total. The number of imidazole rings is 1. The van der Waals surface area contributed by atoms with Gasteiger partial charge in [-0.25, -0.2) is 15.0 Å². The lowest BCUT2D eigenvalue weighted by molar-refractivity contribution is -0.125. The second-order valence-electron chi connectivity index (χ2n) is 9.34. The normalized spacial score (nSPS) is 22.8. The molecule has 0 radical (unpaired) electrons. The van der Waals surface area contributed by atoms with Gasteiger partial charge in [0.1, 0.15) is 12.2 Å². The molecule has 0 aliphatic carbocycles. The highest BCUT2D eigenvalue weighted by Gasteiger charge is 2.29. The van der Waals surface area contributed by atoms with Crippen LogP contribution < -0.4 is 10.2 Å². The molecule has 1 amide bonds. The maximum absolute atomic E-state index is 12.9. The van der Waals surface area contributed by atoms with Gasteiger partial charge in [-0.3, -0.25) is 4.79 Å². The van der Waals surface area contributed by atoms with Gasteiger partial charge in [0.25, 0.3) is 0 Å². The minimum atomic E-state index is 0.0144. The molecule has 5 heterocycles. The number of aromatic nitrogens is 4. The number of carbonyl (C=O) groups is 1. The molecular weight excluding hydrogens is 390 g/mol. The number of fused-ring (bicyclic) bond motifs is 3. The molecule has 1 atom stereocenters. The smallest absolute Gasteiger partial charge is 0.224 e. The molecule has 0 unspecified atom stereocenters. The van der Waals surface area contributed by atoms with E-state index in [-0.39, 0.29) is 11.8 Å². The molecule has 5 rings (SSSR count). The van der Waals surface area contributed by atoms with Crippen molar-refractivity contribution in [2.75, 3.05) is 44.2 Å². The second-order valence-corrected chi connectivity index (χ2v) is 9.34. The Morgan fingerprint density at radius 1 is 1.00 bits per heavy atom. The largest absolute Gasteiger partial charge is 0.355 e. The first kappa shape index (κ1) is 20.7. The van der Waals surface area contributed by atoms with E-state index >= 15 is 0 Å². The van der Waals surface area contributed by atoms with E-state index in [1.54, 1.807) is 6.33 Å². The summed E-state index contributed by atoms with van der Waals surface area (Å²) in [5.41, 5.74) is 1.86. The maximum Gasteiger partial charge on any atom is 0.224 e. The highest BCUT2D eigenvalue weighted by molar-refractivity contribution is 5.85. The van der Waals surface area contributed by atoms with Gasteiger partial charge in [0.15, 0.2) is 17.0 Å². The molecule has 2 fully saturated rings. The molecule has 2 saturated heterocycles. The van der Waals surface area contributed by atoms with Gasteiger partial charge in [-0.1, -0.05) is 12.8 Å². The zero-order valence-corrected chi connectivity index (χ0v) is 18.6. The monoisotopic (exact) mass is 425 g/mol. The van der Waals surface area contributed by atoms with E-state index in [1.165, 1.54) is 51.6 Å². The van der Waals surface area contributed by atoms with E-state index in [0.717, 1.165) is 68.2 Å². The molecule has 8 heteroatoms. The van der Waals surface area contributed by atoms with Crippen molar-refractivity contribution in [2.24, 2.45) is 5.92 Å². The van der Waals surface area contributed by atoms with E-state index in [9.17, 15) is 4.79 Å². The molecule has 0 aromatic carbocycles. The molecule has 3 aliphatic heterocycles. The summed E-state index contributed by atoms with van der Waals surface area (Å²) < 4.78 is 2.28. The van der Waals surface area contributed by atoms with Crippen molar-refractivity contribution in [3.63, 3.8) is 0 Å². The van der Waals surface area contributed by atoms with Crippen LogP contribution in [0.15, 0.2) is 6.33 Å². The Morgan fingerprint density at radius 3 is 2.74 bits per heavy atom. The van der Waals surface area contributed by atoms with Gasteiger partial charge >= 0.3 is 0 Å². The quantitative estimate of drug-likeness (QED) is 0.792. The Balaban J connectivity index is 1.25. The Labute approximate surface area is 184 Å². The number of aryl methyl sites for hydroxylation is 2. The van der Waals surface area contributed by atoms with Gasteiger partial charge < -0.3 is 19.7 Å². The molecule has 0 saturated carbocycles. The van der Waals surface area contributed by atoms with Gasteiger partial charge in [0, 0.05) is 39.1 Å². The number of hydrogen-bond donors (Lipinski definition) is 1. The fourth-order valence-corrected chi connectivity index (χ4v) is 5.40. The van der Waals surface area contributed by atoms with Crippen molar-refractivity contribution in [2.45, 2.75) is 64.3 Å². The van der Waals surface area contributed by atoms with Gasteiger partial charge in [-0.05, 0) is 51.6 Å². The van der Waals surface area contributed by atoms with Crippen molar-refractivity contribution in [3.05, 3.63) is 12.2 Å². The third-order valence-electron chi connectivity index (χ3n) is 7.14. The van der Waals surface area contributed by atoms with Crippen LogP contribution in [0.3, 0.4) is 0 Å². The van der Waals surface area contributed by atoms with Gasteiger partial charge in [-0.15, -0.1) is 0 Å². The Morgan fingerprint density at radius 2 is 1.84 bits per heavy atom. The molecule has 2 aromatic heterocycles. The highest BCUT2D eigenvalue weighted by atomic mass is 16.1. The van der Waals surface area contributed by atoms with Gasteiger partial charge in [0.05, 0.1) is 5.92 Å². The summed E-state index contributed by atoms with van der Waals surface area (Å²) >= 11 is 0. The SMILES string of the molecule is O=C(NCCN1CCCCC1)[C@@H]1CCCN(c2ncnc3c2nc2n3CCCCC2)C1. The average molecular weight is 426 g/mol. The molecule has 168 valence electrons. The third kappa shape index (κ3) is 4.54. The predicted molar refractivity (Wildman–Crippen MR) is 121 cm³/mol. The number of amides is 1. The third-order valence-corrected chi connectivity index (χ3v) is 7.14. The summed E-state index contributed by atoms with van der Waals surface area (Å²) in [5.74, 6) is 2.24. The van der Waals surface area contributed by atoms with Gasteiger partial charge in [0.2, 0.25) is 5.91 Å². The number of nitrogens with one attached hydrogen (secondary N) is 1. The van der Waals surface area contributed by atoms with E-state index < -0.39 is 0 Å². The number of rotatable bonds is 5. The predicted octanol–water partition coefficient (Wildman–Crippen LogP) is 2.37. The molecule has 1 N–H and O–H groups in total. The number of likely N-dealkylation sites (tertiary alicyclic amines) is 1. The number of piperidine rings is 2. The van der Waals surface area contributed by atoms with Crippen LogP contribution in [-0.2, 0) is 17.8 Å². The first-order valence-electron chi connectivity index (χ1n) is 12.2. The summed E-state index contributed by atoms with van der Waals surface area (Å²) in [5, 5.41) is 3.20. The van der Waals surface area contributed by atoms with Crippen molar-refractivity contribution in [3.8, 4) is 0 Å². The van der Waals surface area contributed by atoms with Crippen LogP contribution in [-0.4, -0.2) is 69.6 Å². The van der Waals surface area contributed by atoms with Crippen LogP contribution >= 0.6 is 0 Å². The molecule has 0 spiro atoms. The van der Waals surface area contributed by atoms with E-state index in [2.05, 4.69) is 29.7 Å². The zero-order chi connectivity index (χ0) is 21.0. The standard InChI is InChI=1S/C23H35N7O/c31-23(24-10-15-28-11-4-2-5-12-28)18-8-7-13-29(16-18)21-20-22(26-17-25-21)30-14-6-1-3-9-19(30)27-20/h17-18H,1-16H2,(H,24,31)/t18-/m1/s1. The molecule has 31 heavy (non-hydrogen) atoms. The fraction of sp³-hybridized carbons (Fsp3) is 0.739. The first-order chi connectivity index (χ1) is 15.3. The van der Waals surface area contributed by atoms with Crippen LogP contribution in [0.5, 0.6) is 0 Å². The van der Waals surface area contributed by atoms with E-state index in [1.807, 2.05) is 0 Å². The van der Waals surface area contributed by atoms with Crippen molar-refractivity contribution < 1.29 is 4.79 Å². The lowest BCUT2D eigenvalue weighted by Crippen LogP contribution is -2.45. The lowest BCUT2D eigenvalue weighted by atomic mass is 9.97. The summed E-state index contributed by atoms with van der Waals surface area (Å²) in [6, 6.07) is 0. The number of anilines is 1. The Kier molecular flexibility index (Phi) is 6.34. The Hall–Kier alpha value is -2.22. The van der Waals surface area contributed by atoms with E-state index in [0.29, 0.717) is 6.54 Å². The molecular formula is C23H35N7O. The summed E-state index contributed by atoms with van der Waals surface area (Å²) in [4.78, 5) is 31.7. The van der Waals surface area contributed by atoms with Gasteiger partial charge in [-0.2, -0.15) is 0 Å². The van der Waals surface area contributed by atoms with E-state index in [4.69, 9.17) is 4.98 Å². The second kappa shape index (κ2) is 9.51. The number of carbonyl (C=O) groups excluding carboxylic acids is 1. The highest BCUT2D eigenvalue weighted by Crippen LogP contribution is 2.29. The van der Waals surface area contributed by atoms with Crippen LogP contribution in [0.25, 0.3) is 11.2 Å². The van der Waals surface area contributed by atoms with Crippen LogP contribution in [0.4, 0.5) is 5.82 Å². The number of nitrogens with zero attached hydrogens (tertiary/aromatic N) is 6. The average Bonchev–Trinajstić information content (AvgIpc) is 3.00. The maximum atomic E-state index is 12.9. The fourth-order valence-electron chi connectivity index (χ4n) is 5.40. The molecule has 0 bridgehead atoms. The van der Waals surface area contributed by atoms with Crippen LogP contribution in [0.1, 0.15) is 57.2 Å². The molecule has 3 aliphatic rings.